The van der Waals surface area contributed by atoms with Gasteiger partial charge in [-0.3, -0.25) is 0 Å². The van der Waals surface area contributed by atoms with Crippen molar-refractivity contribution in [3.63, 3.8) is 0 Å². The van der Waals surface area contributed by atoms with Gasteiger partial charge in [0.15, 0.2) is 0 Å². The summed E-state index contributed by atoms with van der Waals surface area (Å²) in [6.45, 7) is 0.408. The highest BCUT2D eigenvalue weighted by Gasteiger charge is 2.15. The molecule has 0 spiro atoms. The first-order valence-electron chi connectivity index (χ1n) is 5.27. The molecule has 1 aromatic carbocycles. The lowest BCUT2D eigenvalue weighted by Crippen LogP contribution is -2.10. The fourth-order valence-corrected chi connectivity index (χ4v) is 2.01. The maximum Gasteiger partial charge on any atom is 0.147 e. The molecule has 1 heterocycles. The first-order chi connectivity index (χ1) is 7.65. The molecule has 1 atom stereocenters. The number of hydrogen-bond acceptors (Lipinski definition) is 2. The summed E-state index contributed by atoms with van der Waals surface area (Å²) in [6, 6.07) is 6.72. The Labute approximate surface area is 93.3 Å². The van der Waals surface area contributed by atoms with Crippen LogP contribution < -0.4 is 5.73 Å². The Hall–Kier alpha value is -1.39. The minimum Gasteiger partial charge on any atom is -0.387 e. The molecule has 0 amide bonds. The van der Waals surface area contributed by atoms with Gasteiger partial charge < -0.3 is 15.4 Å². The summed E-state index contributed by atoms with van der Waals surface area (Å²) in [5, 5.41) is 10.7. The molecule has 86 valence electrons. The van der Waals surface area contributed by atoms with E-state index in [4.69, 9.17) is 5.73 Å². The molecule has 0 aliphatic carbocycles. The van der Waals surface area contributed by atoms with Gasteiger partial charge in [0.05, 0.1) is 11.6 Å². The highest BCUT2D eigenvalue weighted by atomic mass is 19.1. The normalized spacial score (nSPS) is 13.2. The summed E-state index contributed by atoms with van der Waals surface area (Å²) in [5.74, 6) is -0.272. The van der Waals surface area contributed by atoms with Crippen LogP contribution in [0.25, 0.3) is 10.9 Å². The Morgan fingerprint density at radius 3 is 2.88 bits per heavy atom. The number of hydrogen-bond donors (Lipinski definition) is 2. The Morgan fingerprint density at radius 2 is 2.25 bits per heavy atom. The number of rotatable bonds is 3. The van der Waals surface area contributed by atoms with E-state index in [-0.39, 0.29) is 5.82 Å². The van der Waals surface area contributed by atoms with Crippen molar-refractivity contribution in [2.45, 2.75) is 12.5 Å². The second-order valence-electron chi connectivity index (χ2n) is 3.90. The van der Waals surface area contributed by atoms with Crippen molar-refractivity contribution in [3.05, 3.63) is 35.8 Å². The minimum absolute atomic E-state index is 0.272. The lowest BCUT2D eigenvalue weighted by molar-refractivity contribution is 0.162. The molecule has 4 heteroatoms. The van der Waals surface area contributed by atoms with Crippen molar-refractivity contribution >= 4 is 10.9 Å². The van der Waals surface area contributed by atoms with Crippen LogP contribution in [-0.2, 0) is 7.05 Å². The molecule has 3 nitrogen and oxygen atoms in total. The van der Waals surface area contributed by atoms with Crippen LogP contribution in [0.5, 0.6) is 0 Å². The number of benzene rings is 1. The molecule has 1 aromatic heterocycles. The van der Waals surface area contributed by atoms with Crippen LogP contribution in [0.15, 0.2) is 24.3 Å². The fraction of sp³-hybridized carbons (Fsp3) is 0.333. The standard InChI is InChI=1S/C12H15FN2O/c1-15-10(11(16)5-6-14)7-8-3-2-4-9(13)12(8)15/h2-4,7,11,16H,5-6,14H2,1H3. The SMILES string of the molecule is Cn1c(C(O)CCN)cc2cccc(F)c21. The molecule has 0 saturated heterocycles. The van der Waals surface area contributed by atoms with Gasteiger partial charge >= 0.3 is 0 Å². The van der Waals surface area contributed by atoms with Crippen LogP contribution in [0.4, 0.5) is 4.39 Å². The number of aromatic nitrogens is 1. The van der Waals surface area contributed by atoms with E-state index < -0.39 is 6.10 Å². The van der Waals surface area contributed by atoms with Gasteiger partial charge in [-0.15, -0.1) is 0 Å². The van der Waals surface area contributed by atoms with Gasteiger partial charge in [0.1, 0.15) is 5.82 Å². The van der Waals surface area contributed by atoms with Gasteiger partial charge in [-0.25, -0.2) is 4.39 Å². The highest BCUT2D eigenvalue weighted by Crippen LogP contribution is 2.26. The van der Waals surface area contributed by atoms with Gasteiger partial charge in [-0.2, -0.15) is 0 Å². The van der Waals surface area contributed by atoms with Gasteiger partial charge in [-0.05, 0) is 25.1 Å². The zero-order valence-electron chi connectivity index (χ0n) is 9.15. The van der Waals surface area contributed by atoms with E-state index in [1.165, 1.54) is 6.07 Å². The average Bonchev–Trinajstić information content (AvgIpc) is 2.58. The third-order valence-corrected chi connectivity index (χ3v) is 2.83. The van der Waals surface area contributed by atoms with Gasteiger partial charge in [-0.1, -0.05) is 12.1 Å². The zero-order valence-corrected chi connectivity index (χ0v) is 9.15. The number of aryl methyl sites for hydroxylation is 1. The van der Waals surface area contributed by atoms with Crippen molar-refractivity contribution < 1.29 is 9.50 Å². The van der Waals surface area contributed by atoms with Crippen molar-refractivity contribution in [2.75, 3.05) is 6.54 Å². The number of halogens is 1. The number of aliphatic hydroxyl groups is 1. The summed E-state index contributed by atoms with van der Waals surface area (Å²) in [5.41, 5.74) is 6.62. The van der Waals surface area contributed by atoms with E-state index in [9.17, 15) is 9.50 Å². The maximum absolute atomic E-state index is 13.6. The molecule has 2 aromatic rings. The monoisotopic (exact) mass is 222 g/mol. The molecule has 0 aliphatic heterocycles. The van der Waals surface area contributed by atoms with Gasteiger partial charge in [0.2, 0.25) is 0 Å². The summed E-state index contributed by atoms with van der Waals surface area (Å²) < 4.78 is 15.3. The number of fused-ring (bicyclic) bond motifs is 1. The molecule has 16 heavy (non-hydrogen) atoms. The molecule has 2 rings (SSSR count). The van der Waals surface area contributed by atoms with Crippen molar-refractivity contribution in [1.82, 2.24) is 4.57 Å². The maximum atomic E-state index is 13.6. The summed E-state index contributed by atoms with van der Waals surface area (Å²) >= 11 is 0. The van der Waals surface area contributed by atoms with Crippen molar-refractivity contribution in [3.8, 4) is 0 Å². The first kappa shape index (κ1) is 11.1. The van der Waals surface area contributed by atoms with Crippen LogP contribution in [0.3, 0.4) is 0 Å². The molecular weight excluding hydrogens is 207 g/mol. The average molecular weight is 222 g/mol. The second-order valence-corrected chi connectivity index (χ2v) is 3.90. The number of nitrogens with two attached hydrogens (primary N) is 1. The lowest BCUT2D eigenvalue weighted by Gasteiger charge is -2.10. The van der Waals surface area contributed by atoms with E-state index >= 15 is 0 Å². The van der Waals surface area contributed by atoms with E-state index in [2.05, 4.69) is 0 Å². The topological polar surface area (TPSA) is 51.2 Å². The van der Waals surface area contributed by atoms with Gasteiger partial charge in [0.25, 0.3) is 0 Å². The van der Waals surface area contributed by atoms with E-state index in [0.717, 1.165) is 5.39 Å². The number of aliphatic hydroxyl groups excluding tert-OH is 1. The molecule has 0 saturated carbocycles. The summed E-state index contributed by atoms with van der Waals surface area (Å²) in [6.07, 6.45) is -0.159. The Balaban J connectivity index is 2.56. The van der Waals surface area contributed by atoms with Crippen LogP contribution in [0.2, 0.25) is 0 Å². The quantitative estimate of drug-likeness (QED) is 0.830. The Kier molecular flexibility index (Phi) is 2.94. The molecule has 1 unspecified atom stereocenters. The second kappa shape index (κ2) is 4.23. The Morgan fingerprint density at radius 1 is 1.50 bits per heavy atom. The summed E-state index contributed by atoms with van der Waals surface area (Å²) in [7, 11) is 1.75. The van der Waals surface area contributed by atoms with E-state index in [0.29, 0.717) is 24.2 Å². The predicted octanol–water partition coefficient (Wildman–Crippen LogP) is 1.70. The third kappa shape index (κ3) is 1.70. The largest absolute Gasteiger partial charge is 0.387 e. The predicted molar refractivity (Wildman–Crippen MR) is 61.5 cm³/mol. The van der Waals surface area contributed by atoms with E-state index in [1.807, 2.05) is 6.07 Å². The third-order valence-electron chi connectivity index (χ3n) is 2.83. The molecule has 0 aliphatic rings. The molecule has 0 fully saturated rings. The molecular formula is C12H15FN2O. The molecule has 0 radical (unpaired) electrons. The van der Waals surface area contributed by atoms with Crippen molar-refractivity contribution in [2.24, 2.45) is 12.8 Å². The lowest BCUT2D eigenvalue weighted by atomic mass is 10.2. The van der Waals surface area contributed by atoms with Crippen molar-refractivity contribution in [1.29, 1.82) is 0 Å². The zero-order chi connectivity index (χ0) is 11.7. The first-order valence-corrected chi connectivity index (χ1v) is 5.27. The van der Waals surface area contributed by atoms with Crippen LogP contribution in [-0.4, -0.2) is 16.2 Å². The van der Waals surface area contributed by atoms with Crippen LogP contribution >= 0.6 is 0 Å². The minimum atomic E-state index is -0.637. The Bertz CT molecular complexity index is 507. The van der Waals surface area contributed by atoms with Crippen LogP contribution in [0.1, 0.15) is 18.2 Å². The fourth-order valence-electron chi connectivity index (χ4n) is 2.01. The molecule has 3 N–H and O–H groups in total. The number of nitrogens with zero attached hydrogens (tertiary/aromatic N) is 1. The summed E-state index contributed by atoms with van der Waals surface area (Å²) in [4.78, 5) is 0. The van der Waals surface area contributed by atoms with Gasteiger partial charge in [0, 0.05) is 18.1 Å². The van der Waals surface area contributed by atoms with E-state index in [1.54, 1.807) is 23.7 Å². The molecule has 0 bridgehead atoms. The number of para-hydroxylation sites is 1. The smallest absolute Gasteiger partial charge is 0.147 e. The highest BCUT2D eigenvalue weighted by molar-refractivity contribution is 5.81. The van der Waals surface area contributed by atoms with Crippen LogP contribution in [0, 0.1) is 5.82 Å².